The molecule has 0 aliphatic heterocycles. The first-order valence-electron chi connectivity index (χ1n) is 9.17. The number of carbonyl (C=O) groups excluding carboxylic acids is 1. The Balaban J connectivity index is 1.77. The number of carbonyl (C=O) groups is 1. The van der Waals surface area contributed by atoms with E-state index in [4.69, 9.17) is 9.47 Å². The summed E-state index contributed by atoms with van der Waals surface area (Å²) in [5, 5.41) is 2.71. The third-order valence-corrected chi connectivity index (χ3v) is 5.77. The van der Waals surface area contributed by atoms with Gasteiger partial charge in [-0.05, 0) is 48.9 Å². The van der Waals surface area contributed by atoms with Crippen LogP contribution in [0.2, 0.25) is 0 Å². The lowest BCUT2D eigenvalue weighted by molar-refractivity contribution is -0.121. The Morgan fingerprint density at radius 3 is 2.43 bits per heavy atom. The molecule has 1 amide bonds. The van der Waals surface area contributed by atoms with Crippen LogP contribution < -0.4 is 19.1 Å². The molecule has 0 bridgehead atoms. The van der Waals surface area contributed by atoms with Crippen LogP contribution in [0, 0.1) is 5.82 Å². The van der Waals surface area contributed by atoms with Crippen LogP contribution in [0.15, 0.2) is 46.9 Å². The Hall–Kier alpha value is -2.33. The van der Waals surface area contributed by atoms with Crippen LogP contribution in [-0.2, 0) is 14.8 Å². The summed E-state index contributed by atoms with van der Waals surface area (Å²) in [6, 6.07) is 11.2. The Morgan fingerprint density at radius 1 is 1.17 bits per heavy atom. The monoisotopic (exact) mass is 502 g/mol. The quantitative estimate of drug-likeness (QED) is 0.476. The first-order chi connectivity index (χ1) is 14.2. The van der Waals surface area contributed by atoms with E-state index in [1.165, 1.54) is 12.1 Å². The van der Waals surface area contributed by atoms with Crippen molar-refractivity contribution in [2.45, 2.75) is 12.8 Å². The average molecular weight is 503 g/mol. The van der Waals surface area contributed by atoms with Crippen molar-refractivity contribution in [3.05, 3.63) is 52.8 Å². The van der Waals surface area contributed by atoms with Crippen molar-refractivity contribution < 1.29 is 27.1 Å². The molecule has 0 aliphatic rings. The van der Waals surface area contributed by atoms with Gasteiger partial charge in [0.2, 0.25) is 15.9 Å². The van der Waals surface area contributed by atoms with Crippen LogP contribution in [-0.4, -0.2) is 47.4 Å². The van der Waals surface area contributed by atoms with Gasteiger partial charge < -0.3 is 14.8 Å². The number of benzene rings is 2. The summed E-state index contributed by atoms with van der Waals surface area (Å²) in [4.78, 5) is 12.0. The molecule has 0 unspecified atom stereocenters. The van der Waals surface area contributed by atoms with Crippen LogP contribution in [0.1, 0.15) is 12.8 Å². The summed E-state index contributed by atoms with van der Waals surface area (Å²) in [7, 11) is -2.11. The number of anilines is 1. The summed E-state index contributed by atoms with van der Waals surface area (Å²) < 4.78 is 50.3. The maximum Gasteiger partial charge on any atom is 0.232 e. The number of nitrogens with zero attached hydrogens (tertiary/aromatic N) is 1. The molecule has 0 aliphatic carbocycles. The molecule has 0 saturated carbocycles. The lowest BCUT2D eigenvalue weighted by Gasteiger charge is -2.23. The second kappa shape index (κ2) is 11.2. The van der Waals surface area contributed by atoms with Crippen molar-refractivity contribution in [1.82, 2.24) is 5.32 Å². The average Bonchev–Trinajstić information content (AvgIpc) is 2.69. The highest BCUT2D eigenvalue weighted by atomic mass is 79.9. The van der Waals surface area contributed by atoms with E-state index < -0.39 is 15.8 Å². The molecule has 164 valence electrons. The van der Waals surface area contributed by atoms with Gasteiger partial charge in [0.1, 0.15) is 23.9 Å². The van der Waals surface area contributed by atoms with Gasteiger partial charge in [0.05, 0.1) is 25.6 Å². The van der Waals surface area contributed by atoms with Crippen LogP contribution in [0.3, 0.4) is 0 Å². The molecule has 1 N–H and O–H groups in total. The lowest BCUT2D eigenvalue weighted by atomic mass is 10.2. The zero-order chi connectivity index (χ0) is 22.1. The highest BCUT2D eigenvalue weighted by molar-refractivity contribution is 9.10. The molecule has 0 atom stereocenters. The number of sulfonamides is 1. The van der Waals surface area contributed by atoms with Crippen LogP contribution in [0.5, 0.6) is 11.5 Å². The molecule has 2 aromatic rings. The van der Waals surface area contributed by atoms with E-state index in [-0.39, 0.29) is 37.6 Å². The van der Waals surface area contributed by atoms with Crippen molar-refractivity contribution in [3.63, 3.8) is 0 Å². The molecular formula is C20H24BrFN2O5S. The maximum atomic E-state index is 14.2. The molecule has 2 rings (SSSR count). The zero-order valence-electron chi connectivity index (χ0n) is 16.7. The number of hydrogen-bond donors (Lipinski definition) is 1. The van der Waals surface area contributed by atoms with E-state index >= 15 is 0 Å². The van der Waals surface area contributed by atoms with E-state index in [9.17, 15) is 17.6 Å². The molecule has 0 saturated heterocycles. The van der Waals surface area contributed by atoms with Gasteiger partial charge in [0.25, 0.3) is 0 Å². The Bertz CT molecular complexity index is 954. The van der Waals surface area contributed by atoms with Gasteiger partial charge in [-0.3, -0.25) is 9.10 Å². The summed E-state index contributed by atoms with van der Waals surface area (Å²) in [5.74, 6) is 0.486. The minimum atomic E-state index is -3.69. The normalized spacial score (nSPS) is 11.1. The van der Waals surface area contributed by atoms with Crippen molar-refractivity contribution in [1.29, 1.82) is 0 Å². The van der Waals surface area contributed by atoms with Crippen molar-refractivity contribution in [3.8, 4) is 11.5 Å². The van der Waals surface area contributed by atoms with E-state index in [1.54, 1.807) is 37.4 Å². The van der Waals surface area contributed by atoms with Gasteiger partial charge >= 0.3 is 0 Å². The third-order valence-electron chi connectivity index (χ3n) is 4.10. The summed E-state index contributed by atoms with van der Waals surface area (Å²) in [5.41, 5.74) is -0.0472. The fraction of sp³-hybridized carbons (Fsp3) is 0.350. The second-order valence-electron chi connectivity index (χ2n) is 6.41. The molecule has 0 heterocycles. The van der Waals surface area contributed by atoms with Gasteiger partial charge in [-0.2, -0.15) is 0 Å². The van der Waals surface area contributed by atoms with Crippen molar-refractivity contribution in [2.24, 2.45) is 0 Å². The molecule has 2 aromatic carbocycles. The molecule has 10 heteroatoms. The number of rotatable bonds is 11. The molecule has 0 aromatic heterocycles. The number of hydrogen-bond acceptors (Lipinski definition) is 5. The Kier molecular flexibility index (Phi) is 8.91. The van der Waals surface area contributed by atoms with Gasteiger partial charge in [0.15, 0.2) is 0 Å². The SMILES string of the molecule is COc1ccc(OCCNC(=O)CCCN(c2ccc(Br)cc2F)S(C)(=O)=O)cc1. The summed E-state index contributed by atoms with van der Waals surface area (Å²) in [6.07, 6.45) is 1.35. The molecule has 0 spiro atoms. The van der Waals surface area contributed by atoms with Gasteiger partial charge in [-0.25, -0.2) is 12.8 Å². The van der Waals surface area contributed by atoms with Crippen LogP contribution in [0.4, 0.5) is 10.1 Å². The van der Waals surface area contributed by atoms with Crippen LogP contribution >= 0.6 is 15.9 Å². The zero-order valence-corrected chi connectivity index (χ0v) is 19.1. The molecular weight excluding hydrogens is 479 g/mol. The molecule has 30 heavy (non-hydrogen) atoms. The number of ether oxygens (including phenoxy) is 2. The Labute approximate surface area is 184 Å². The Morgan fingerprint density at radius 2 is 1.83 bits per heavy atom. The maximum absolute atomic E-state index is 14.2. The fourth-order valence-electron chi connectivity index (χ4n) is 2.65. The van der Waals surface area contributed by atoms with Crippen molar-refractivity contribution >= 4 is 37.5 Å². The van der Waals surface area contributed by atoms with Crippen molar-refractivity contribution in [2.75, 3.05) is 37.4 Å². The van der Waals surface area contributed by atoms with E-state index in [0.29, 0.717) is 16.8 Å². The summed E-state index contributed by atoms with van der Waals surface area (Å²) >= 11 is 3.14. The van der Waals surface area contributed by atoms with Gasteiger partial charge in [-0.15, -0.1) is 0 Å². The smallest absolute Gasteiger partial charge is 0.232 e. The van der Waals surface area contributed by atoms with E-state index in [1.807, 2.05) is 0 Å². The first kappa shape index (κ1) is 23.9. The first-order valence-corrected chi connectivity index (χ1v) is 11.8. The third kappa shape index (κ3) is 7.49. The minimum absolute atomic E-state index is 0.00679. The lowest BCUT2D eigenvalue weighted by Crippen LogP contribution is -2.33. The standard InChI is InChI=1S/C20H24BrFN2O5S/c1-28-16-6-8-17(9-7-16)29-13-11-23-20(25)4-3-12-24(30(2,26)27)19-10-5-15(21)14-18(19)22/h5-10,14H,3-4,11-13H2,1-2H3,(H,23,25). The molecule has 0 fully saturated rings. The topological polar surface area (TPSA) is 84.9 Å². The highest BCUT2D eigenvalue weighted by Gasteiger charge is 2.21. The molecule has 7 nitrogen and oxygen atoms in total. The van der Waals surface area contributed by atoms with Gasteiger partial charge in [0, 0.05) is 17.4 Å². The molecule has 0 radical (unpaired) electrons. The number of halogens is 2. The predicted molar refractivity (Wildman–Crippen MR) is 117 cm³/mol. The number of amides is 1. The summed E-state index contributed by atoms with van der Waals surface area (Å²) in [6.45, 7) is 0.590. The fourth-order valence-corrected chi connectivity index (χ4v) is 3.95. The van der Waals surface area contributed by atoms with E-state index in [2.05, 4.69) is 21.2 Å². The predicted octanol–water partition coefficient (Wildman–Crippen LogP) is 3.34. The highest BCUT2D eigenvalue weighted by Crippen LogP contribution is 2.25. The minimum Gasteiger partial charge on any atom is -0.497 e. The number of nitrogens with one attached hydrogen (secondary N) is 1. The van der Waals surface area contributed by atoms with Gasteiger partial charge in [-0.1, -0.05) is 15.9 Å². The van der Waals surface area contributed by atoms with E-state index in [0.717, 1.165) is 16.3 Å². The second-order valence-corrected chi connectivity index (χ2v) is 9.23. The largest absolute Gasteiger partial charge is 0.497 e. The number of methoxy groups -OCH3 is 1. The van der Waals surface area contributed by atoms with Crippen LogP contribution in [0.25, 0.3) is 0 Å².